The van der Waals surface area contributed by atoms with Crippen LogP contribution in [0.15, 0.2) is 11.8 Å². The van der Waals surface area contributed by atoms with Gasteiger partial charge in [-0.1, -0.05) is 13.0 Å². The van der Waals surface area contributed by atoms with Gasteiger partial charge in [-0.2, -0.15) is 0 Å². The van der Waals surface area contributed by atoms with Gasteiger partial charge in [-0.3, -0.25) is 14.5 Å². The highest BCUT2D eigenvalue weighted by Gasteiger charge is 2.52. The molecule has 6 heteroatoms. The molecule has 0 unspecified atom stereocenters. The normalized spacial score (nSPS) is 29.6. The number of urea groups is 1. The van der Waals surface area contributed by atoms with E-state index in [4.69, 9.17) is 0 Å². The molecule has 0 aromatic rings. The first kappa shape index (κ1) is 18.0. The van der Waals surface area contributed by atoms with Crippen LogP contribution in [0.25, 0.3) is 0 Å². The summed E-state index contributed by atoms with van der Waals surface area (Å²) in [6, 6.07) is -0.415. The van der Waals surface area contributed by atoms with Gasteiger partial charge >= 0.3 is 6.03 Å². The average Bonchev–Trinajstić information content (AvgIpc) is 2.84. The number of allylic oxidation sites excluding steroid dienone is 2. The highest BCUT2D eigenvalue weighted by Crippen LogP contribution is 2.36. The SMILES string of the molecule is CCN(C(=O)CN1C(=O)NC2(CCC(C)CC2)C1=O)C1=CCCCC1. The molecule has 1 heterocycles. The van der Waals surface area contributed by atoms with Gasteiger partial charge in [0.05, 0.1) is 0 Å². The van der Waals surface area contributed by atoms with Crippen molar-refractivity contribution in [2.24, 2.45) is 5.92 Å². The number of imide groups is 1. The van der Waals surface area contributed by atoms with Crippen molar-refractivity contribution >= 4 is 17.8 Å². The average molecular weight is 347 g/mol. The van der Waals surface area contributed by atoms with Crippen molar-refractivity contribution in [2.75, 3.05) is 13.1 Å². The second-order valence-corrected chi connectivity index (χ2v) is 7.67. The first-order chi connectivity index (χ1) is 12.0. The molecule has 0 atom stereocenters. The van der Waals surface area contributed by atoms with Gasteiger partial charge in [0, 0.05) is 12.2 Å². The summed E-state index contributed by atoms with van der Waals surface area (Å²) in [6.45, 7) is 4.51. The minimum atomic E-state index is -0.773. The summed E-state index contributed by atoms with van der Waals surface area (Å²) in [5.41, 5.74) is 0.261. The van der Waals surface area contributed by atoms with Gasteiger partial charge in [0.2, 0.25) is 5.91 Å². The van der Waals surface area contributed by atoms with Crippen LogP contribution in [0.3, 0.4) is 0 Å². The van der Waals surface area contributed by atoms with Crippen molar-refractivity contribution in [3.05, 3.63) is 11.8 Å². The molecule has 0 bridgehead atoms. The maximum Gasteiger partial charge on any atom is 0.325 e. The minimum Gasteiger partial charge on any atom is -0.323 e. The van der Waals surface area contributed by atoms with Crippen LogP contribution in [0.5, 0.6) is 0 Å². The van der Waals surface area contributed by atoms with E-state index in [2.05, 4.69) is 18.3 Å². The molecule has 2 fully saturated rings. The molecular formula is C19H29N3O3. The van der Waals surface area contributed by atoms with Crippen molar-refractivity contribution in [3.63, 3.8) is 0 Å². The third kappa shape index (κ3) is 3.44. The van der Waals surface area contributed by atoms with Crippen LogP contribution in [-0.2, 0) is 9.59 Å². The molecule has 6 nitrogen and oxygen atoms in total. The summed E-state index contributed by atoms with van der Waals surface area (Å²) in [5.74, 6) is 0.201. The smallest absolute Gasteiger partial charge is 0.323 e. The first-order valence-electron chi connectivity index (χ1n) is 9.60. The van der Waals surface area contributed by atoms with Crippen molar-refractivity contribution in [1.29, 1.82) is 0 Å². The van der Waals surface area contributed by atoms with Crippen LogP contribution in [0.2, 0.25) is 0 Å². The molecule has 0 radical (unpaired) electrons. The predicted octanol–water partition coefficient (Wildman–Crippen LogP) is 2.79. The summed E-state index contributed by atoms with van der Waals surface area (Å²) >= 11 is 0. The van der Waals surface area contributed by atoms with Crippen LogP contribution in [0.4, 0.5) is 4.79 Å². The first-order valence-corrected chi connectivity index (χ1v) is 9.60. The highest BCUT2D eigenvalue weighted by molar-refractivity contribution is 6.09. The molecule has 0 aromatic heterocycles. The standard InChI is InChI=1S/C19H29N3O3/c1-3-21(15-7-5-4-6-8-15)16(23)13-22-17(24)19(20-18(22)25)11-9-14(2)10-12-19/h7,14H,3-6,8-13H2,1-2H3,(H,20,25). The zero-order chi connectivity index (χ0) is 18.0. The van der Waals surface area contributed by atoms with Gasteiger partial charge in [0.15, 0.2) is 0 Å². The van der Waals surface area contributed by atoms with E-state index in [-0.39, 0.29) is 18.4 Å². The number of nitrogens with zero attached hydrogens (tertiary/aromatic N) is 2. The van der Waals surface area contributed by atoms with E-state index in [1.165, 1.54) is 0 Å². The molecule has 1 saturated heterocycles. The predicted molar refractivity (Wildman–Crippen MR) is 94.5 cm³/mol. The Morgan fingerprint density at radius 2 is 2.04 bits per heavy atom. The van der Waals surface area contributed by atoms with E-state index >= 15 is 0 Å². The second-order valence-electron chi connectivity index (χ2n) is 7.67. The maximum atomic E-state index is 12.9. The van der Waals surface area contributed by atoms with Crippen molar-refractivity contribution in [2.45, 2.75) is 70.8 Å². The van der Waals surface area contributed by atoms with Crippen molar-refractivity contribution < 1.29 is 14.4 Å². The second kappa shape index (κ2) is 7.18. The van der Waals surface area contributed by atoms with Crippen molar-refractivity contribution in [3.8, 4) is 0 Å². The topological polar surface area (TPSA) is 69.7 Å². The number of carbonyl (C=O) groups excluding carboxylic acids is 3. The number of likely N-dealkylation sites (N-methyl/N-ethyl adjacent to an activating group) is 1. The van der Waals surface area contributed by atoms with E-state index in [1.807, 2.05) is 6.92 Å². The van der Waals surface area contributed by atoms with E-state index in [1.54, 1.807) is 4.90 Å². The molecule has 3 rings (SSSR count). The quantitative estimate of drug-likeness (QED) is 0.795. The van der Waals surface area contributed by atoms with E-state index in [0.717, 1.165) is 49.1 Å². The molecule has 1 N–H and O–H groups in total. The zero-order valence-electron chi connectivity index (χ0n) is 15.3. The molecule has 25 heavy (non-hydrogen) atoms. The Kier molecular flexibility index (Phi) is 5.16. The number of hydrogen-bond acceptors (Lipinski definition) is 3. The van der Waals surface area contributed by atoms with Crippen LogP contribution in [-0.4, -0.2) is 46.3 Å². The summed E-state index contributed by atoms with van der Waals surface area (Å²) < 4.78 is 0. The van der Waals surface area contributed by atoms with Crippen LogP contribution in [0, 0.1) is 5.92 Å². The Bertz CT molecular complexity index is 591. The fourth-order valence-corrected chi connectivity index (χ4v) is 4.24. The van der Waals surface area contributed by atoms with Gasteiger partial charge < -0.3 is 10.2 Å². The van der Waals surface area contributed by atoms with Gasteiger partial charge in [0.1, 0.15) is 12.1 Å². The van der Waals surface area contributed by atoms with Crippen molar-refractivity contribution in [1.82, 2.24) is 15.1 Å². The molecule has 2 aliphatic carbocycles. The molecule has 1 saturated carbocycles. The fourth-order valence-electron chi connectivity index (χ4n) is 4.24. The number of rotatable bonds is 4. The number of hydrogen-bond donors (Lipinski definition) is 1. The molecule has 0 aromatic carbocycles. The lowest BCUT2D eigenvalue weighted by molar-refractivity contribution is -0.138. The van der Waals surface area contributed by atoms with Gasteiger partial charge in [0.25, 0.3) is 5.91 Å². The van der Waals surface area contributed by atoms with Crippen LogP contribution < -0.4 is 5.32 Å². The fraction of sp³-hybridized carbons (Fsp3) is 0.737. The van der Waals surface area contributed by atoms with Gasteiger partial charge in [-0.25, -0.2) is 4.79 Å². The third-order valence-corrected chi connectivity index (χ3v) is 5.90. The largest absolute Gasteiger partial charge is 0.325 e. The molecule has 138 valence electrons. The molecule has 1 spiro atoms. The van der Waals surface area contributed by atoms with Crippen LogP contribution in [0.1, 0.15) is 65.2 Å². The van der Waals surface area contributed by atoms with Gasteiger partial charge in [-0.15, -0.1) is 0 Å². The zero-order valence-corrected chi connectivity index (χ0v) is 15.3. The van der Waals surface area contributed by atoms with E-state index in [0.29, 0.717) is 25.3 Å². The Morgan fingerprint density at radius 1 is 1.32 bits per heavy atom. The maximum absolute atomic E-state index is 12.9. The molecular weight excluding hydrogens is 318 g/mol. The molecule has 4 amide bonds. The lowest BCUT2D eigenvalue weighted by Gasteiger charge is -2.33. The lowest BCUT2D eigenvalue weighted by atomic mass is 9.77. The van der Waals surface area contributed by atoms with E-state index in [9.17, 15) is 14.4 Å². The Hall–Kier alpha value is -1.85. The molecule has 1 aliphatic heterocycles. The Balaban J connectivity index is 1.69. The summed E-state index contributed by atoms with van der Waals surface area (Å²) in [4.78, 5) is 40.9. The highest BCUT2D eigenvalue weighted by atomic mass is 16.2. The summed E-state index contributed by atoms with van der Waals surface area (Å²) in [6.07, 6.45) is 9.44. The Labute approximate surface area is 149 Å². The Morgan fingerprint density at radius 3 is 2.64 bits per heavy atom. The van der Waals surface area contributed by atoms with Crippen LogP contribution >= 0.6 is 0 Å². The lowest BCUT2D eigenvalue weighted by Crippen LogP contribution is -2.50. The summed E-state index contributed by atoms with van der Waals surface area (Å²) in [7, 11) is 0. The monoisotopic (exact) mass is 347 g/mol. The summed E-state index contributed by atoms with van der Waals surface area (Å²) in [5, 5.41) is 2.88. The third-order valence-electron chi connectivity index (χ3n) is 5.90. The van der Waals surface area contributed by atoms with Gasteiger partial charge in [-0.05, 0) is 64.2 Å². The number of amides is 4. The number of carbonyl (C=O) groups is 3. The number of nitrogens with one attached hydrogen (secondary N) is 1. The molecule has 3 aliphatic rings. The minimum absolute atomic E-state index is 0.160. The van der Waals surface area contributed by atoms with E-state index < -0.39 is 11.6 Å².